The first-order valence-electron chi connectivity index (χ1n) is 6.96. The largest absolute Gasteiger partial charge is 0.342 e. The zero-order chi connectivity index (χ0) is 14.0. The molecule has 1 atom stereocenters. The van der Waals surface area contributed by atoms with Gasteiger partial charge in [0.05, 0.1) is 5.41 Å². The molecule has 0 bridgehead atoms. The van der Waals surface area contributed by atoms with Gasteiger partial charge in [0.1, 0.15) is 0 Å². The van der Waals surface area contributed by atoms with Crippen molar-refractivity contribution < 1.29 is 4.79 Å². The van der Waals surface area contributed by atoms with Crippen LogP contribution in [0.1, 0.15) is 39.2 Å². The number of amides is 1. The molecule has 0 saturated carbocycles. The maximum absolute atomic E-state index is 12.8. The number of benzene rings is 1. The predicted molar refractivity (Wildman–Crippen MR) is 79.5 cm³/mol. The van der Waals surface area contributed by atoms with E-state index in [0.29, 0.717) is 10.9 Å². The quantitative estimate of drug-likeness (QED) is 0.805. The molecule has 0 N–H and O–H groups in total. The number of carbonyl (C=O) groups excluding carboxylic acids is 1. The van der Waals surface area contributed by atoms with Gasteiger partial charge in [0.25, 0.3) is 0 Å². The van der Waals surface area contributed by atoms with Crippen LogP contribution in [0.15, 0.2) is 24.3 Å². The SMILES string of the molecule is CC1CCCN(C(=O)C(C)(C)c2cccc(Cl)c2)C1. The van der Waals surface area contributed by atoms with Gasteiger partial charge in [-0.05, 0) is 50.3 Å². The van der Waals surface area contributed by atoms with Crippen LogP contribution in [-0.4, -0.2) is 23.9 Å². The molecule has 1 aliphatic heterocycles. The first-order valence-corrected chi connectivity index (χ1v) is 7.34. The molecule has 1 aromatic carbocycles. The fourth-order valence-electron chi connectivity index (χ4n) is 2.77. The van der Waals surface area contributed by atoms with Crippen LogP contribution >= 0.6 is 11.6 Å². The van der Waals surface area contributed by atoms with E-state index in [2.05, 4.69) is 6.92 Å². The van der Waals surface area contributed by atoms with Crippen molar-refractivity contribution in [2.45, 2.75) is 39.0 Å². The van der Waals surface area contributed by atoms with Crippen LogP contribution < -0.4 is 0 Å². The van der Waals surface area contributed by atoms with Gasteiger partial charge >= 0.3 is 0 Å². The first-order chi connectivity index (χ1) is 8.91. The van der Waals surface area contributed by atoms with Crippen molar-refractivity contribution in [2.75, 3.05) is 13.1 Å². The summed E-state index contributed by atoms with van der Waals surface area (Å²) in [5.41, 5.74) is 0.477. The van der Waals surface area contributed by atoms with Crippen molar-refractivity contribution in [2.24, 2.45) is 5.92 Å². The van der Waals surface area contributed by atoms with E-state index in [0.717, 1.165) is 25.1 Å². The Morgan fingerprint density at radius 2 is 2.16 bits per heavy atom. The topological polar surface area (TPSA) is 20.3 Å². The number of hydrogen-bond donors (Lipinski definition) is 0. The summed E-state index contributed by atoms with van der Waals surface area (Å²) in [6, 6.07) is 7.63. The molecule has 1 aliphatic rings. The van der Waals surface area contributed by atoms with Gasteiger partial charge in [0.15, 0.2) is 0 Å². The van der Waals surface area contributed by atoms with Gasteiger partial charge in [-0.3, -0.25) is 4.79 Å². The number of rotatable bonds is 2. The Morgan fingerprint density at radius 1 is 1.42 bits per heavy atom. The second-order valence-electron chi connectivity index (χ2n) is 6.13. The maximum atomic E-state index is 12.8. The van der Waals surface area contributed by atoms with E-state index in [-0.39, 0.29) is 5.91 Å². The van der Waals surface area contributed by atoms with Crippen molar-refractivity contribution in [3.8, 4) is 0 Å². The third-order valence-corrected chi connectivity index (χ3v) is 4.26. The van der Waals surface area contributed by atoms with Crippen LogP contribution in [0.25, 0.3) is 0 Å². The molecule has 104 valence electrons. The van der Waals surface area contributed by atoms with Gasteiger partial charge in [-0.15, -0.1) is 0 Å². The Labute approximate surface area is 120 Å². The third-order valence-electron chi connectivity index (χ3n) is 4.03. The van der Waals surface area contributed by atoms with Gasteiger partial charge in [-0.1, -0.05) is 30.7 Å². The van der Waals surface area contributed by atoms with Gasteiger partial charge in [0.2, 0.25) is 5.91 Å². The van der Waals surface area contributed by atoms with E-state index in [1.807, 2.05) is 43.0 Å². The third kappa shape index (κ3) is 3.11. The average Bonchev–Trinajstić information content (AvgIpc) is 2.38. The molecular formula is C16H22ClNO. The highest BCUT2D eigenvalue weighted by atomic mass is 35.5. The van der Waals surface area contributed by atoms with Crippen LogP contribution in [0.2, 0.25) is 5.02 Å². The Kier molecular flexibility index (Phi) is 4.19. The lowest BCUT2D eigenvalue weighted by Gasteiger charge is -2.37. The van der Waals surface area contributed by atoms with Crippen LogP contribution in [-0.2, 0) is 10.2 Å². The highest BCUT2D eigenvalue weighted by molar-refractivity contribution is 6.30. The van der Waals surface area contributed by atoms with E-state index in [9.17, 15) is 4.79 Å². The second-order valence-corrected chi connectivity index (χ2v) is 6.57. The van der Waals surface area contributed by atoms with Crippen molar-refractivity contribution >= 4 is 17.5 Å². The lowest BCUT2D eigenvalue weighted by molar-refractivity contribution is -0.138. The molecule has 2 rings (SSSR count). The molecule has 3 heteroatoms. The molecule has 1 amide bonds. The number of likely N-dealkylation sites (tertiary alicyclic amines) is 1. The number of halogens is 1. The highest BCUT2D eigenvalue weighted by Crippen LogP contribution is 2.29. The van der Waals surface area contributed by atoms with Crippen LogP contribution in [0.5, 0.6) is 0 Å². The fraction of sp³-hybridized carbons (Fsp3) is 0.562. The minimum Gasteiger partial charge on any atom is -0.342 e. The Balaban J connectivity index is 2.21. The minimum atomic E-state index is -0.512. The smallest absolute Gasteiger partial charge is 0.232 e. The molecule has 0 radical (unpaired) electrons. The van der Waals surface area contributed by atoms with E-state index in [1.54, 1.807) is 0 Å². The second kappa shape index (κ2) is 5.54. The van der Waals surface area contributed by atoms with Crippen molar-refractivity contribution in [1.82, 2.24) is 4.90 Å². The summed E-state index contributed by atoms with van der Waals surface area (Å²) >= 11 is 6.04. The minimum absolute atomic E-state index is 0.210. The molecule has 1 aromatic rings. The molecule has 0 aliphatic carbocycles. The molecule has 1 unspecified atom stereocenters. The fourth-order valence-corrected chi connectivity index (χ4v) is 2.96. The zero-order valence-electron chi connectivity index (χ0n) is 11.9. The van der Waals surface area contributed by atoms with Crippen LogP contribution in [0.3, 0.4) is 0 Å². The lowest BCUT2D eigenvalue weighted by atomic mass is 9.82. The summed E-state index contributed by atoms with van der Waals surface area (Å²) in [5.74, 6) is 0.814. The zero-order valence-corrected chi connectivity index (χ0v) is 12.7. The van der Waals surface area contributed by atoms with E-state index < -0.39 is 5.41 Å². The van der Waals surface area contributed by atoms with Crippen molar-refractivity contribution in [1.29, 1.82) is 0 Å². The monoisotopic (exact) mass is 279 g/mol. The Morgan fingerprint density at radius 3 is 2.79 bits per heavy atom. The molecule has 2 nitrogen and oxygen atoms in total. The molecule has 0 aromatic heterocycles. The summed E-state index contributed by atoms with van der Waals surface area (Å²) in [4.78, 5) is 14.8. The van der Waals surface area contributed by atoms with Crippen LogP contribution in [0.4, 0.5) is 0 Å². The standard InChI is InChI=1S/C16H22ClNO/c1-12-6-5-9-18(11-12)15(19)16(2,3)13-7-4-8-14(17)10-13/h4,7-8,10,12H,5-6,9,11H2,1-3H3. The van der Waals surface area contributed by atoms with Gasteiger partial charge in [-0.25, -0.2) is 0 Å². The number of nitrogens with zero attached hydrogens (tertiary/aromatic N) is 1. The van der Waals surface area contributed by atoms with Gasteiger partial charge < -0.3 is 4.90 Å². The summed E-state index contributed by atoms with van der Waals surface area (Å²) in [7, 11) is 0. The molecule has 19 heavy (non-hydrogen) atoms. The first kappa shape index (κ1) is 14.4. The normalized spacial score (nSPS) is 20.4. The predicted octanol–water partition coefficient (Wildman–Crippen LogP) is 3.88. The molecule has 1 saturated heterocycles. The number of hydrogen-bond acceptors (Lipinski definition) is 1. The summed E-state index contributed by atoms with van der Waals surface area (Å²) in [6.07, 6.45) is 2.33. The summed E-state index contributed by atoms with van der Waals surface area (Å²) in [6.45, 7) is 7.95. The van der Waals surface area contributed by atoms with E-state index >= 15 is 0 Å². The molecule has 0 spiro atoms. The van der Waals surface area contributed by atoms with Crippen LogP contribution in [0, 0.1) is 5.92 Å². The average molecular weight is 280 g/mol. The maximum Gasteiger partial charge on any atom is 0.232 e. The molecule has 1 heterocycles. The molecular weight excluding hydrogens is 258 g/mol. The summed E-state index contributed by atoms with van der Waals surface area (Å²) in [5, 5.41) is 0.686. The van der Waals surface area contributed by atoms with Crippen molar-refractivity contribution in [3.63, 3.8) is 0 Å². The molecule has 1 fully saturated rings. The number of carbonyl (C=O) groups is 1. The van der Waals surface area contributed by atoms with Crippen molar-refractivity contribution in [3.05, 3.63) is 34.9 Å². The lowest BCUT2D eigenvalue weighted by Crippen LogP contribution is -2.47. The Bertz CT molecular complexity index is 470. The highest BCUT2D eigenvalue weighted by Gasteiger charge is 2.35. The van der Waals surface area contributed by atoms with Gasteiger partial charge in [0, 0.05) is 18.1 Å². The Hall–Kier alpha value is -1.02. The summed E-state index contributed by atoms with van der Waals surface area (Å²) < 4.78 is 0. The van der Waals surface area contributed by atoms with Gasteiger partial charge in [-0.2, -0.15) is 0 Å². The van der Waals surface area contributed by atoms with E-state index in [1.165, 1.54) is 6.42 Å². The number of piperidine rings is 1. The van der Waals surface area contributed by atoms with E-state index in [4.69, 9.17) is 11.6 Å².